The zero-order valence-electron chi connectivity index (χ0n) is 13.7. The number of carbonyl (C=O) groups is 2. The van der Waals surface area contributed by atoms with Crippen molar-refractivity contribution >= 4 is 17.5 Å². The third kappa shape index (κ3) is 3.92. The van der Waals surface area contributed by atoms with E-state index in [4.69, 9.17) is 0 Å². The van der Waals surface area contributed by atoms with Crippen LogP contribution in [0.1, 0.15) is 26.7 Å². The number of phenolic OH excluding ortho intramolecular Hbond substituents is 1. The average molecular weight is 316 g/mol. The monoisotopic (exact) mass is 316 g/mol. The maximum atomic E-state index is 12.7. The molecule has 5 nitrogen and oxygen atoms in total. The summed E-state index contributed by atoms with van der Waals surface area (Å²) in [5.41, 5.74) is 0.376. The van der Waals surface area contributed by atoms with Crippen molar-refractivity contribution in [3.8, 4) is 5.75 Å². The van der Waals surface area contributed by atoms with Crippen LogP contribution in [0.3, 0.4) is 0 Å². The highest BCUT2D eigenvalue weighted by atomic mass is 16.3. The van der Waals surface area contributed by atoms with Crippen molar-refractivity contribution < 1.29 is 14.7 Å². The van der Waals surface area contributed by atoms with Gasteiger partial charge >= 0.3 is 0 Å². The Balaban J connectivity index is 2.15. The van der Waals surface area contributed by atoms with Crippen molar-refractivity contribution in [2.75, 3.05) is 18.4 Å². The Hall–Kier alpha value is -2.30. The van der Waals surface area contributed by atoms with E-state index < -0.39 is 5.92 Å². The Morgan fingerprint density at radius 1 is 1.13 bits per heavy atom. The van der Waals surface area contributed by atoms with Crippen LogP contribution in [0.15, 0.2) is 36.4 Å². The Labute approximate surface area is 137 Å². The summed E-state index contributed by atoms with van der Waals surface area (Å²) in [5.74, 6) is -0.921. The molecule has 1 aliphatic rings. The fraction of sp³-hybridized carbons (Fsp3) is 0.444. The number of allylic oxidation sites excluding steroid dienone is 2. The predicted octanol–water partition coefficient (Wildman–Crippen LogP) is 2.78. The first kappa shape index (κ1) is 17.1. The summed E-state index contributed by atoms with van der Waals surface area (Å²) in [4.78, 5) is 27.0. The normalized spacial score (nSPS) is 20.1. The number of para-hydroxylation sites is 2. The highest BCUT2D eigenvalue weighted by Crippen LogP contribution is 2.30. The summed E-state index contributed by atoms with van der Waals surface area (Å²) in [6.45, 7) is 5.17. The topological polar surface area (TPSA) is 69.6 Å². The quantitative estimate of drug-likeness (QED) is 0.648. The lowest BCUT2D eigenvalue weighted by molar-refractivity contribution is -0.140. The van der Waals surface area contributed by atoms with Gasteiger partial charge in [0.1, 0.15) is 5.75 Å². The molecule has 0 saturated carbocycles. The number of hydrogen-bond donors (Lipinski definition) is 2. The van der Waals surface area contributed by atoms with Crippen molar-refractivity contribution in [2.45, 2.75) is 26.7 Å². The van der Waals surface area contributed by atoms with Gasteiger partial charge in [0.2, 0.25) is 11.8 Å². The molecular weight excluding hydrogens is 292 g/mol. The molecule has 2 unspecified atom stereocenters. The molecule has 124 valence electrons. The van der Waals surface area contributed by atoms with Crippen LogP contribution < -0.4 is 5.32 Å². The lowest BCUT2D eigenvalue weighted by atomic mass is 9.81. The van der Waals surface area contributed by atoms with Gasteiger partial charge in [0.15, 0.2) is 0 Å². The Morgan fingerprint density at radius 3 is 2.35 bits per heavy atom. The number of nitrogens with one attached hydrogen (secondary N) is 1. The molecule has 2 N–H and O–H groups in total. The van der Waals surface area contributed by atoms with Crippen LogP contribution in [0, 0.1) is 11.8 Å². The number of nitrogens with zero attached hydrogens (tertiary/aromatic N) is 1. The molecule has 1 aromatic carbocycles. The van der Waals surface area contributed by atoms with Gasteiger partial charge in [-0.3, -0.25) is 9.59 Å². The molecule has 0 aromatic heterocycles. The fourth-order valence-corrected chi connectivity index (χ4v) is 2.95. The molecule has 1 aromatic rings. The molecule has 23 heavy (non-hydrogen) atoms. The molecule has 2 amide bonds. The molecule has 0 spiro atoms. The van der Waals surface area contributed by atoms with Crippen molar-refractivity contribution in [2.24, 2.45) is 11.8 Å². The number of amides is 2. The minimum Gasteiger partial charge on any atom is -0.506 e. The second-order valence-corrected chi connectivity index (χ2v) is 5.67. The molecule has 5 heteroatoms. The number of anilines is 1. The molecular formula is C18H24N2O3. The van der Waals surface area contributed by atoms with E-state index in [1.807, 2.05) is 26.0 Å². The molecule has 2 rings (SSSR count). The van der Waals surface area contributed by atoms with Crippen molar-refractivity contribution in [1.29, 1.82) is 0 Å². The Kier molecular flexibility index (Phi) is 5.79. The summed E-state index contributed by atoms with van der Waals surface area (Å²) in [6.07, 6.45) is 5.03. The minimum atomic E-state index is -0.410. The second kappa shape index (κ2) is 7.81. The maximum Gasteiger partial charge on any atom is 0.228 e. The number of hydrogen-bond acceptors (Lipinski definition) is 3. The molecule has 0 fully saturated rings. The lowest BCUT2D eigenvalue weighted by Crippen LogP contribution is -2.43. The van der Waals surface area contributed by atoms with E-state index in [0.717, 1.165) is 0 Å². The first-order valence-electron chi connectivity index (χ1n) is 8.11. The zero-order chi connectivity index (χ0) is 16.8. The first-order valence-corrected chi connectivity index (χ1v) is 8.11. The van der Waals surface area contributed by atoms with Crippen LogP contribution in [-0.4, -0.2) is 34.9 Å². The summed E-state index contributed by atoms with van der Waals surface area (Å²) in [6, 6.07) is 6.61. The Bertz CT molecular complexity index is 594. The van der Waals surface area contributed by atoms with Crippen LogP contribution in [0.2, 0.25) is 0 Å². The molecule has 0 bridgehead atoms. The second-order valence-electron chi connectivity index (χ2n) is 5.67. The van der Waals surface area contributed by atoms with Gasteiger partial charge in [-0.15, -0.1) is 0 Å². The van der Waals surface area contributed by atoms with E-state index in [9.17, 15) is 14.7 Å². The van der Waals surface area contributed by atoms with E-state index in [2.05, 4.69) is 5.32 Å². The number of phenols is 1. The molecule has 1 aliphatic carbocycles. The van der Waals surface area contributed by atoms with E-state index in [1.165, 1.54) is 6.07 Å². The van der Waals surface area contributed by atoms with E-state index in [0.29, 0.717) is 31.6 Å². The van der Waals surface area contributed by atoms with Crippen molar-refractivity contribution in [3.63, 3.8) is 0 Å². The molecule has 0 aliphatic heterocycles. The van der Waals surface area contributed by atoms with Gasteiger partial charge in [0.25, 0.3) is 0 Å². The standard InChI is InChI=1S/C18H24N2O3/c1-3-20(4-2)18(23)14-10-6-5-9-13(14)17(22)19-15-11-7-8-12-16(15)21/h5-8,11-14,21H,3-4,9-10H2,1-2H3,(H,19,22). The van der Waals surface area contributed by atoms with Crippen LogP contribution in [0.5, 0.6) is 5.75 Å². The molecule has 2 atom stereocenters. The average Bonchev–Trinajstić information content (AvgIpc) is 2.58. The summed E-state index contributed by atoms with van der Waals surface area (Å²) in [7, 11) is 0. The molecule has 0 radical (unpaired) electrons. The van der Waals surface area contributed by atoms with Gasteiger partial charge in [-0.2, -0.15) is 0 Å². The van der Waals surface area contributed by atoms with Crippen molar-refractivity contribution in [1.82, 2.24) is 4.90 Å². The Morgan fingerprint density at radius 2 is 1.74 bits per heavy atom. The lowest BCUT2D eigenvalue weighted by Gasteiger charge is -2.31. The zero-order valence-corrected chi connectivity index (χ0v) is 13.7. The minimum absolute atomic E-state index is 0.0248. The highest BCUT2D eigenvalue weighted by Gasteiger charge is 2.35. The first-order chi connectivity index (χ1) is 11.1. The van der Waals surface area contributed by atoms with Crippen LogP contribution in [-0.2, 0) is 9.59 Å². The fourth-order valence-electron chi connectivity index (χ4n) is 2.95. The van der Waals surface area contributed by atoms with Gasteiger partial charge in [0, 0.05) is 13.1 Å². The van der Waals surface area contributed by atoms with Gasteiger partial charge in [-0.25, -0.2) is 0 Å². The third-order valence-electron chi connectivity index (χ3n) is 4.32. The number of rotatable bonds is 5. The number of aromatic hydroxyl groups is 1. The molecule has 0 saturated heterocycles. The highest BCUT2D eigenvalue weighted by molar-refractivity contribution is 5.97. The van der Waals surface area contributed by atoms with Crippen LogP contribution in [0.25, 0.3) is 0 Å². The van der Waals surface area contributed by atoms with E-state index in [1.54, 1.807) is 23.1 Å². The molecule has 0 heterocycles. The predicted molar refractivity (Wildman–Crippen MR) is 90.0 cm³/mol. The van der Waals surface area contributed by atoms with Gasteiger partial charge in [0.05, 0.1) is 17.5 Å². The number of carbonyl (C=O) groups excluding carboxylic acids is 2. The van der Waals surface area contributed by atoms with Gasteiger partial charge in [-0.05, 0) is 38.8 Å². The third-order valence-corrected chi connectivity index (χ3v) is 4.32. The smallest absolute Gasteiger partial charge is 0.228 e. The summed E-state index contributed by atoms with van der Waals surface area (Å²) in [5, 5.41) is 12.5. The van der Waals surface area contributed by atoms with Gasteiger partial charge in [-0.1, -0.05) is 24.3 Å². The van der Waals surface area contributed by atoms with Crippen molar-refractivity contribution in [3.05, 3.63) is 36.4 Å². The largest absolute Gasteiger partial charge is 0.506 e. The van der Waals surface area contributed by atoms with Crippen LogP contribution >= 0.6 is 0 Å². The SMILES string of the molecule is CCN(CC)C(=O)C1CC=CCC1C(=O)Nc1ccccc1O. The van der Waals surface area contributed by atoms with E-state index in [-0.39, 0.29) is 23.5 Å². The summed E-state index contributed by atoms with van der Waals surface area (Å²) >= 11 is 0. The maximum absolute atomic E-state index is 12.7. The number of benzene rings is 1. The summed E-state index contributed by atoms with van der Waals surface area (Å²) < 4.78 is 0. The van der Waals surface area contributed by atoms with Gasteiger partial charge < -0.3 is 15.3 Å². The van der Waals surface area contributed by atoms with E-state index >= 15 is 0 Å². The van der Waals surface area contributed by atoms with Crippen LogP contribution in [0.4, 0.5) is 5.69 Å².